The van der Waals surface area contributed by atoms with E-state index >= 15 is 0 Å². The summed E-state index contributed by atoms with van der Waals surface area (Å²) in [6, 6.07) is 8.83. The van der Waals surface area contributed by atoms with Crippen molar-refractivity contribution in [1.29, 1.82) is 0 Å². The van der Waals surface area contributed by atoms with Crippen LogP contribution >= 0.6 is 15.9 Å². The molecule has 0 saturated carbocycles. The van der Waals surface area contributed by atoms with Crippen LogP contribution in [0, 0.1) is 5.92 Å². The average molecular weight is 298 g/mol. The molecule has 3 atom stereocenters. The van der Waals surface area contributed by atoms with Crippen molar-refractivity contribution in [2.24, 2.45) is 5.92 Å². The lowest BCUT2D eigenvalue weighted by Crippen LogP contribution is -2.39. The number of hydrogen-bond acceptors (Lipinski definition) is 2. The van der Waals surface area contributed by atoms with Crippen LogP contribution in [0.3, 0.4) is 0 Å². The Morgan fingerprint density at radius 2 is 2.18 bits per heavy atom. The Morgan fingerprint density at radius 1 is 1.41 bits per heavy atom. The molecule has 1 aliphatic heterocycles. The number of benzene rings is 1. The zero-order chi connectivity index (χ0) is 12.3. The van der Waals surface area contributed by atoms with Crippen LogP contribution in [0.2, 0.25) is 0 Å². The highest BCUT2D eigenvalue weighted by Crippen LogP contribution is 2.27. The number of hydrogen-bond donors (Lipinski definition) is 1. The molecule has 0 radical (unpaired) electrons. The summed E-state index contributed by atoms with van der Waals surface area (Å²) in [6.45, 7) is 5.40. The zero-order valence-electron chi connectivity index (χ0n) is 10.4. The van der Waals surface area contributed by atoms with Crippen molar-refractivity contribution in [1.82, 2.24) is 5.32 Å². The first-order valence-electron chi connectivity index (χ1n) is 6.24. The van der Waals surface area contributed by atoms with E-state index in [1.54, 1.807) is 0 Å². The van der Waals surface area contributed by atoms with E-state index in [-0.39, 0.29) is 6.10 Å². The molecule has 1 aliphatic rings. The molecule has 1 aromatic rings. The van der Waals surface area contributed by atoms with Crippen LogP contribution in [0.1, 0.15) is 19.4 Å². The van der Waals surface area contributed by atoms with Gasteiger partial charge in [0.2, 0.25) is 0 Å². The van der Waals surface area contributed by atoms with Gasteiger partial charge in [0.05, 0.1) is 0 Å². The molecule has 0 fully saturated rings. The largest absolute Gasteiger partial charge is 0.488 e. The molecule has 0 saturated heterocycles. The second-order valence-electron chi connectivity index (χ2n) is 4.88. The number of nitrogens with one attached hydrogen (secondary N) is 1. The maximum Gasteiger partial charge on any atom is 0.123 e. The molecule has 94 valence electrons. The lowest BCUT2D eigenvalue weighted by molar-refractivity contribution is 0.217. The first-order valence-corrected chi connectivity index (χ1v) is 7.36. The molecule has 2 nitrogen and oxygen atoms in total. The first-order chi connectivity index (χ1) is 8.20. The van der Waals surface area contributed by atoms with Crippen LogP contribution in [0.4, 0.5) is 0 Å². The molecular formula is C14H20BrNO. The Balaban J connectivity index is 1.80. The van der Waals surface area contributed by atoms with Gasteiger partial charge in [-0.25, -0.2) is 0 Å². The van der Waals surface area contributed by atoms with Crippen molar-refractivity contribution >= 4 is 15.9 Å². The molecule has 0 aliphatic carbocycles. The summed E-state index contributed by atoms with van der Waals surface area (Å²) in [7, 11) is 0. The molecule has 2 rings (SSSR count). The standard InChI is InChI=1S/C14H20BrNO/c1-10(8-15)11(2)16-9-13-7-12-5-3-4-6-14(12)17-13/h3-6,10-11,13,16H,7-9H2,1-2H3. The van der Waals surface area contributed by atoms with Crippen molar-refractivity contribution in [3.05, 3.63) is 29.8 Å². The van der Waals surface area contributed by atoms with Gasteiger partial charge >= 0.3 is 0 Å². The van der Waals surface area contributed by atoms with Gasteiger partial charge in [0.15, 0.2) is 0 Å². The first kappa shape index (κ1) is 12.9. The third-order valence-electron chi connectivity index (χ3n) is 3.48. The predicted molar refractivity (Wildman–Crippen MR) is 75.0 cm³/mol. The highest BCUT2D eigenvalue weighted by atomic mass is 79.9. The quantitative estimate of drug-likeness (QED) is 0.844. The summed E-state index contributed by atoms with van der Waals surface area (Å²) in [6.07, 6.45) is 1.32. The maximum atomic E-state index is 5.90. The Labute approximate surface area is 112 Å². The Morgan fingerprint density at radius 3 is 2.88 bits per heavy atom. The van der Waals surface area contributed by atoms with E-state index in [0.717, 1.165) is 24.0 Å². The van der Waals surface area contributed by atoms with E-state index in [4.69, 9.17) is 4.74 Å². The Bertz CT molecular complexity index is 344. The summed E-state index contributed by atoms with van der Waals surface area (Å²) in [5.74, 6) is 1.69. The summed E-state index contributed by atoms with van der Waals surface area (Å²) < 4.78 is 5.90. The minimum atomic E-state index is 0.289. The van der Waals surface area contributed by atoms with E-state index in [9.17, 15) is 0 Å². The fourth-order valence-corrected chi connectivity index (χ4v) is 2.58. The molecule has 3 heteroatoms. The van der Waals surface area contributed by atoms with Crippen LogP contribution in [-0.4, -0.2) is 24.0 Å². The summed E-state index contributed by atoms with van der Waals surface area (Å²) >= 11 is 3.52. The molecule has 0 aromatic heterocycles. The molecule has 1 aromatic carbocycles. The average Bonchev–Trinajstić information content (AvgIpc) is 2.77. The van der Waals surface area contributed by atoms with Gasteiger partial charge < -0.3 is 10.1 Å². The molecule has 1 heterocycles. The van der Waals surface area contributed by atoms with Crippen molar-refractivity contribution in [2.45, 2.75) is 32.4 Å². The number of fused-ring (bicyclic) bond motifs is 1. The highest BCUT2D eigenvalue weighted by molar-refractivity contribution is 9.09. The fraction of sp³-hybridized carbons (Fsp3) is 0.571. The normalized spacial score (nSPS) is 21.7. The highest BCUT2D eigenvalue weighted by Gasteiger charge is 2.22. The van der Waals surface area contributed by atoms with Crippen LogP contribution in [-0.2, 0) is 6.42 Å². The van der Waals surface area contributed by atoms with Crippen molar-refractivity contribution in [3.63, 3.8) is 0 Å². The van der Waals surface area contributed by atoms with E-state index in [0.29, 0.717) is 12.0 Å². The number of para-hydroxylation sites is 1. The topological polar surface area (TPSA) is 21.3 Å². The lowest BCUT2D eigenvalue weighted by Gasteiger charge is -2.21. The molecule has 0 amide bonds. The SMILES string of the molecule is CC(CBr)C(C)NCC1Cc2ccccc2O1. The summed E-state index contributed by atoms with van der Waals surface area (Å²) in [5.41, 5.74) is 1.33. The molecular weight excluding hydrogens is 278 g/mol. The van der Waals surface area contributed by atoms with Gasteiger partial charge in [-0.15, -0.1) is 0 Å². The molecule has 0 spiro atoms. The maximum absolute atomic E-state index is 5.90. The predicted octanol–water partition coefficient (Wildman–Crippen LogP) is 3.00. The van der Waals surface area contributed by atoms with E-state index < -0.39 is 0 Å². The monoisotopic (exact) mass is 297 g/mol. The van der Waals surface area contributed by atoms with Gasteiger partial charge in [0, 0.05) is 24.3 Å². The molecule has 17 heavy (non-hydrogen) atoms. The van der Waals surface area contributed by atoms with Crippen molar-refractivity contribution in [3.8, 4) is 5.75 Å². The van der Waals surface area contributed by atoms with Crippen LogP contribution in [0.5, 0.6) is 5.75 Å². The zero-order valence-corrected chi connectivity index (χ0v) is 12.0. The third-order valence-corrected chi connectivity index (χ3v) is 4.50. The smallest absolute Gasteiger partial charge is 0.123 e. The molecule has 3 unspecified atom stereocenters. The van der Waals surface area contributed by atoms with E-state index in [1.165, 1.54) is 5.56 Å². The molecule has 0 bridgehead atoms. The Kier molecular flexibility index (Phi) is 4.46. The van der Waals surface area contributed by atoms with E-state index in [1.807, 2.05) is 6.07 Å². The van der Waals surface area contributed by atoms with Crippen molar-refractivity contribution in [2.75, 3.05) is 11.9 Å². The van der Waals surface area contributed by atoms with Gasteiger partial charge in [-0.3, -0.25) is 0 Å². The van der Waals surface area contributed by atoms with Crippen LogP contribution < -0.4 is 10.1 Å². The van der Waals surface area contributed by atoms with Gasteiger partial charge in [-0.05, 0) is 24.5 Å². The lowest BCUT2D eigenvalue weighted by atomic mass is 10.1. The summed E-state index contributed by atoms with van der Waals surface area (Å²) in [5, 5.41) is 4.59. The van der Waals surface area contributed by atoms with Gasteiger partial charge in [0.25, 0.3) is 0 Å². The molecule has 1 N–H and O–H groups in total. The van der Waals surface area contributed by atoms with Crippen LogP contribution in [0.15, 0.2) is 24.3 Å². The third kappa shape index (κ3) is 3.23. The number of rotatable bonds is 5. The van der Waals surface area contributed by atoms with E-state index in [2.05, 4.69) is 53.3 Å². The van der Waals surface area contributed by atoms with Crippen LogP contribution in [0.25, 0.3) is 0 Å². The van der Waals surface area contributed by atoms with Gasteiger partial charge in [0.1, 0.15) is 11.9 Å². The number of ether oxygens (including phenoxy) is 1. The fourth-order valence-electron chi connectivity index (χ4n) is 2.02. The number of alkyl halides is 1. The second-order valence-corrected chi connectivity index (χ2v) is 5.53. The second kappa shape index (κ2) is 5.87. The Hall–Kier alpha value is -0.540. The van der Waals surface area contributed by atoms with Gasteiger partial charge in [-0.2, -0.15) is 0 Å². The summed E-state index contributed by atoms with van der Waals surface area (Å²) in [4.78, 5) is 0. The number of halogens is 1. The minimum Gasteiger partial charge on any atom is -0.488 e. The van der Waals surface area contributed by atoms with Crippen molar-refractivity contribution < 1.29 is 4.74 Å². The van der Waals surface area contributed by atoms with Gasteiger partial charge in [-0.1, -0.05) is 41.1 Å². The minimum absolute atomic E-state index is 0.289.